The highest BCUT2D eigenvalue weighted by Crippen LogP contribution is 2.24. The Hall–Kier alpha value is -2.56. The number of nitrogens with zero attached hydrogens (tertiary/aromatic N) is 2. The molecular weight excluding hydrogens is 440 g/mol. The molecule has 2 amide bonds. The summed E-state index contributed by atoms with van der Waals surface area (Å²) in [6, 6.07) is 6.42. The molecule has 0 aromatic heterocycles. The number of rotatable bonds is 4. The van der Waals surface area contributed by atoms with Crippen LogP contribution in [0.3, 0.4) is 0 Å². The van der Waals surface area contributed by atoms with Crippen LogP contribution in [0.1, 0.15) is 16.8 Å². The number of nitrogens with one attached hydrogen (secondary N) is 1. The van der Waals surface area contributed by atoms with Crippen LogP contribution < -0.4 is 5.32 Å². The van der Waals surface area contributed by atoms with Crippen molar-refractivity contribution in [1.29, 1.82) is 0 Å². The van der Waals surface area contributed by atoms with Gasteiger partial charge in [-0.2, -0.15) is 4.31 Å². The van der Waals surface area contributed by atoms with Crippen LogP contribution in [-0.2, 0) is 14.8 Å². The molecule has 1 saturated heterocycles. The fourth-order valence-electron chi connectivity index (χ4n) is 2.92. The molecule has 1 N–H and O–H groups in total. The van der Waals surface area contributed by atoms with Gasteiger partial charge in [0.2, 0.25) is 15.9 Å². The molecule has 0 saturated carbocycles. The molecule has 0 spiro atoms. The highest BCUT2D eigenvalue weighted by Gasteiger charge is 2.32. The zero-order valence-corrected chi connectivity index (χ0v) is 17.4. The number of hydrogen-bond donors (Lipinski definition) is 1. The number of hydrogen-bond acceptors (Lipinski definition) is 4. The van der Waals surface area contributed by atoms with Crippen molar-refractivity contribution in [3.05, 3.63) is 58.6 Å². The molecule has 0 aliphatic carbocycles. The fraction of sp³-hybridized carbons (Fsp3) is 0.263. The van der Waals surface area contributed by atoms with Crippen LogP contribution in [0.4, 0.5) is 14.5 Å². The predicted molar refractivity (Wildman–Crippen MR) is 107 cm³/mol. The third-order valence-electron chi connectivity index (χ3n) is 4.63. The number of carbonyl (C=O) groups is 2. The number of likely N-dealkylation sites (N-methyl/N-ethyl adjacent to an activating group) is 1. The Morgan fingerprint density at radius 1 is 1.10 bits per heavy atom. The minimum Gasteiger partial charge on any atom is -0.345 e. The Kier molecular flexibility index (Phi) is 6.39. The molecule has 2 aromatic carbocycles. The second kappa shape index (κ2) is 8.66. The average molecular weight is 458 g/mol. The second-order valence-electron chi connectivity index (χ2n) is 6.74. The highest BCUT2D eigenvalue weighted by molar-refractivity contribution is 7.89. The summed E-state index contributed by atoms with van der Waals surface area (Å²) >= 11 is 5.68. The first-order chi connectivity index (χ1) is 14.1. The minimum absolute atomic E-state index is 0.0440. The van der Waals surface area contributed by atoms with E-state index >= 15 is 0 Å². The van der Waals surface area contributed by atoms with Crippen LogP contribution in [0, 0.1) is 11.6 Å². The van der Waals surface area contributed by atoms with Gasteiger partial charge in [-0.15, -0.1) is 0 Å². The van der Waals surface area contributed by atoms with Crippen molar-refractivity contribution in [2.45, 2.75) is 11.3 Å². The normalized spacial score (nSPS) is 15.7. The van der Waals surface area contributed by atoms with Crippen molar-refractivity contribution in [1.82, 2.24) is 9.21 Å². The first-order valence-corrected chi connectivity index (χ1v) is 10.7. The van der Waals surface area contributed by atoms with Crippen molar-refractivity contribution in [3.8, 4) is 0 Å². The smallest absolute Gasteiger partial charge is 0.255 e. The first kappa shape index (κ1) is 22.1. The molecule has 2 aromatic rings. The molecule has 1 aliphatic heterocycles. The zero-order chi connectivity index (χ0) is 22.1. The summed E-state index contributed by atoms with van der Waals surface area (Å²) in [5.41, 5.74) is 0.0509. The molecule has 3 rings (SSSR count). The summed E-state index contributed by atoms with van der Waals surface area (Å²) in [5, 5.41) is 2.24. The van der Waals surface area contributed by atoms with Crippen molar-refractivity contribution in [3.63, 3.8) is 0 Å². The molecule has 0 radical (unpaired) electrons. The van der Waals surface area contributed by atoms with Crippen LogP contribution in [0.5, 0.6) is 0 Å². The van der Waals surface area contributed by atoms with Crippen LogP contribution in [0.15, 0.2) is 41.3 Å². The average Bonchev–Trinajstić information content (AvgIpc) is 2.86. The molecule has 1 fully saturated rings. The van der Waals surface area contributed by atoms with E-state index in [-0.39, 0.29) is 22.8 Å². The molecule has 1 heterocycles. The van der Waals surface area contributed by atoms with Gasteiger partial charge in [-0.05, 0) is 42.8 Å². The topological polar surface area (TPSA) is 86.8 Å². The van der Waals surface area contributed by atoms with Crippen LogP contribution >= 0.6 is 11.6 Å². The summed E-state index contributed by atoms with van der Waals surface area (Å²) in [5.74, 6) is -2.84. The Balaban J connectivity index is 1.89. The van der Waals surface area contributed by atoms with E-state index in [0.717, 1.165) is 28.6 Å². The van der Waals surface area contributed by atoms with E-state index in [1.165, 1.54) is 17.0 Å². The van der Waals surface area contributed by atoms with Gasteiger partial charge in [0, 0.05) is 31.4 Å². The van der Waals surface area contributed by atoms with E-state index in [2.05, 4.69) is 5.32 Å². The number of halogens is 3. The fourth-order valence-corrected chi connectivity index (χ4v) is 4.62. The summed E-state index contributed by atoms with van der Waals surface area (Å²) in [4.78, 5) is 25.2. The summed E-state index contributed by atoms with van der Waals surface area (Å²) < 4.78 is 54.5. The number of anilines is 1. The lowest BCUT2D eigenvalue weighted by Crippen LogP contribution is -2.38. The Bertz CT molecular complexity index is 1110. The zero-order valence-electron chi connectivity index (χ0n) is 15.9. The van der Waals surface area contributed by atoms with E-state index in [0.29, 0.717) is 13.0 Å². The monoisotopic (exact) mass is 457 g/mol. The number of benzene rings is 2. The van der Waals surface area contributed by atoms with Gasteiger partial charge < -0.3 is 10.2 Å². The van der Waals surface area contributed by atoms with E-state index in [1.807, 2.05) is 0 Å². The lowest BCUT2D eigenvalue weighted by atomic mass is 10.2. The van der Waals surface area contributed by atoms with Gasteiger partial charge in [-0.1, -0.05) is 11.6 Å². The molecule has 1 aliphatic rings. The summed E-state index contributed by atoms with van der Waals surface area (Å²) in [6.45, 7) is 0.0150. The van der Waals surface area contributed by atoms with E-state index in [9.17, 15) is 26.8 Å². The minimum atomic E-state index is -4.35. The second-order valence-corrected chi connectivity index (χ2v) is 9.05. The van der Waals surface area contributed by atoms with Crippen molar-refractivity contribution >= 4 is 39.1 Å². The predicted octanol–water partition coefficient (Wildman–Crippen LogP) is 2.72. The van der Waals surface area contributed by atoms with Crippen LogP contribution in [0.2, 0.25) is 5.02 Å². The molecule has 30 heavy (non-hydrogen) atoms. The highest BCUT2D eigenvalue weighted by atomic mass is 35.5. The molecule has 11 heteroatoms. The van der Waals surface area contributed by atoms with Crippen LogP contribution in [0.25, 0.3) is 0 Å². The summed E-state index contributed by atoms with van der Waals surface area (Å²) in [6.07, 6.45) is 0.397. The van der Waals surface area contributed by atoms with E-state index in [1.54, 1.807) is 7.05 Å². The van der Waals surface area contributed by atoms with E-state index < -0.39 is 44.9 Å². The lowest BCUT2D eigenvalue weighted by molar-refractivity contribution is -0.129. The first-order valence-electron chi connectivity index (χ1n) is 8.89. The van der Waals surface area contributed by atoms with Crippen molar-refractivity contribution < 1.29 is 26.8 Å². The van der Waals surface area contributed by atoms with E-state index in [4.69, 9.17) is 11.6 Å². The van der Waals surface area contributed by atoms with Gasteiger partial charge in [0.15, 0.2) is 0 Å². The molecule has 0 bridgehead atoms. The van der Waals surface area contributed by atoms with Crippen molar-refractivity contribution in [2.75, 3.05) is 32.0 Å². The molecular formula is C19H18ClF2N3O4S. The van der Waals surface area contributed by atoms with Gasteiger partial charge in [0.25, 0.3) is 5.91 Å². The number of carbonyl (C=O) groups excluding carboxylic acids is 2. The number of sulfonamides is 1. The molecule has 160 valence electrons. The van der Waals surface area contributed by atoms with Crippen LogP contribution in [-0.4, -0.2) is 56.1 Å². The maximum absolute atomic E-state index is 14.4. The lowest BCUT2D eigenvalue weighted by Gasteiger charge is -2.20. The van der Waals surface area contributed by atoms with Gasteiger partial charge in [-0.25, -0.2) is 17.2 Å². The third-order valence-corrected chi connectivity index (χ3v) is 6.78. The number of amides is 2. The third kappa shape index (κ3) is 4.61. The maximum atomic E-state index is 14.4. The van der Waals surface area contributed by atoms with Gasteiger partial charge in [-0.3, -0.25) is 9.59 Å². The van der Waals surface area contributed by atoms with Crippen molar-refractivity contribution in [2.24, 2.45) is 0 Å². The SMILES string of the molecule is CN1CCCN(S(=O)(=O)c2cc(C(=O)Nc3ccc(F)c(Cl)c3)ccc2F)CC1=O. The Morgan fingerprint density at radius 2 is 1.80 bits per heavy atom. The Labute approximate surface area is 177 Å². The quantitative estimate of drug-likeness (QED) is 0.764. The largest absolute Gasteiger partial charge is 0.345 e. The standard InChI is InChI=1S/C19H18ClF2N3O4S/c1-24-7-2-8-25(11-18(24)26)30(28,29)17-9-12(3-5-16(17)22)19(27)23-13-4-6-15(21)14(20)10-13/h3-6,9-10H,2,7-8,11H2,1H3,(H,23,27). The molecule has 0 unspecified atom stereocenters. The van der Waals surface area contributed by atoms with Gasteiger partial charge in [0.05, 0.1) is 11.6 Å². The Morgan fingerprint density at radius 3 is 2.50 bits per heavy atom. The molecule has 0 atom stereocenters. The molecule has 7 nitrogen and oxygen atoms in total. The van der Waals surface area contributed by atoms with Gasteiger partial charge in [0.1, 0.15) is 16.5 Å². The maximum Gasteiger partial charge on any atom is 0.255 e. The van der Waals surface area contributed by atoms with Gasteiger partial charge >= 0.3 is 0 Å². The summed E-state index contributed by atoms with van der Waals surface area (Å²) in [7, 11) is -2.79.